The summed E-state index contributed by atoms with van der Waals surface area (Å²) in [5.41, 5.74) is 4.99. The van der Waals surface area contributed by atoms with Crippen LogP contribution < -0.4 is 16.0 Å². The van der Waals surface area contributed by atoms with Gasteiger partial charge < -0.3 is 16.0 Å². The summed E-state index contributed by atoms with van der Waals surface area (Å²) in [7, 11) is 0. The van der Waals surface area contributed by atoms with E-state index in [9.17, 15) is 4.79 Å². The van der Waals surface area contributed by atoms with Crippen LogP contribution in [0.4, 0.5) is 16.3 Å². The van der Waals surface area contributed by atoms with Gasteiger partial charge in [-0.2, -0.15) is 9.61 Å². The number of anilines is 2. The normalized spacial score (nSPS) is 11.8. The molecule has 9 heteroatoms. The van der Waals surface area contributed by atoms with Crippen molar-refractivity contribution in [1.29, 1.82) is 0 Å². The summed E-state index contributed by atoms with van der Waals surface area (Å²) in [4.78, 5) is 17.3. The minimum absolute atomic E-state index is 0.110. The summed E-state index contributed by atoms with van der Waals surface area (Å²) in [5.74, 6) is 0.762. The van der Waals surface area contributed by atoms with Crippen LogP contribution in [0.5, 0.6) is 0 Å². The zero-order valence-electron chi connectivity index (χ0n) is 20.0. The number of hydrogen-bond donors (Lipinski definition) is 3. The lowest BCUT2D eigenvalue weighted by Crippen LogP contribution is -2.31. The second-order valence-electron chi connectivity index (χ2n) is 8.52. The van der Waals surface area contributed by atoms with Crippen molar-refractivity contribution in [2.24, 2.45) is 0 Å². The van der Waals surface area contributed by atoms with Gasteiger partial charge in [0, 0.05) is 28.9 Å². The zero-order chi connectivity index (χ0) is 25.8. The molecular formula is C28H24BrClN6O. The molecular weight excluding hydrogens is 552 g/mol. The zero-order valence-corrected chi connectivity index (χ0v) is 22.3. The highest BCUT2D eigenvalue weighted by Crippen LogP contribution is 2.30. The Morgan fingerprint density at radius 1 is 1.03 bits per heavy atom. The molecule has 0 saturated carbocycles. The molecule has 0 bridgehead atoms. The van der Waals surface area contributed by atoms with Crippen LogP contribution in [-0.4, -0.2) is 20.6 Å². The number of nitrogens with one attached hydrogen (secondary N) is 3. The molecule has 2 amide bonds. The van der Waals surface area contributed by atoms with E-state index in [1.165, 1.54) is 0 Å². The Bertz CT molecular complexity index is 1560. The fourth-order valence-electron chi connectivity index (χ4n) is 4.01. The number of halogens is 2. The van der Waals surface area contributed by atoms with Crippen LogP contribution in [-0.2, 0) is 6.54 Å². The number of carbonyl (C=O) groups excluding carboxylic acids is 1. The lowest BCUT2D eigenvalue weighted by atomic mass is 10.1. The Labute approximate surface area is 228 Å². The summed E-state index contributed by atoms with van der Waals surface area (Å²) in [5, 5.41) is 14.4. The van der Waals surface area contributed by atoms with Gasteiger partial charge in [0.25, 0.3) is 0 Å². The molecule has 0 radical (unpaired) electrons. The molecule has 0 fully saturated rings. The number of nitrogens with zero attached hydrogens (tertiary/aromatic N) is 3. The number of urea groups is 1. The number of carbonyl (C=O) groups is 1. The quantitative estimate of drug-likeness (QED) is 0.190. The molecule has 2 aromatic heterocycles. The lowest BCUT2D eigenvalue weighted by Gasteiger charge is -2.15. The van der Waals surface area contributed by atoms with Crippen molar-refractivity contribution in [2.45, 2.75) is 19.5 Å². The van der Waals surface area contributed by atoms with Crippen molar-refractivity contribution in [3.05, 3.63) is 112 Å². The number of amides is 2. The van der Waals surface area contributed by atoms with E-state index in [0.717, 1.165) is 32.7 Å². The molecule has 3 aromatic carbocycles. The summed E-state index contributed by atoms with van der Waals surface area (Å²) < 4.78 is 2.52. The van der Waals surface area contributed by atoms with Gasteiger partial charge in [-0.25, -0.2) is 9.78 Å². The molecule has 37 heavy (non-hydrogen) atoms. The van der Waals surface area contributed by atoms with E-state index in [1.807, 2.05) is 91.9 Å². The minimum Gasteiger partial charge on any atom is -0.366 e. The number of rotatable bonds is 7. The van der Waals surface area contributed by atoms with Crippen LogP contribution in [0.2, 0.25) is 5.02 Å². The van der Waals surface area contributed by atoms with Gasteiger partial charge in [0.2, 0.25) is 0 Å². The van der Waals surface area contributed by atoms with Crippen LogP contribution >= 0.6 is 27.5 Å². The average Bonchev–Trinajstić information content (AvgIpc) is 3.29. The van der Waals surface area contributed by atoms with Crippen molar-refractivity contribution >= 4 is 50.7 Å². The number of fused-ring (bicyclic) bond motifs is 1. The van der Waals surface area contributed by atoms with Crippen LogP contribution in [0.3, 0.4) is 0 Å². The first-order chi connectivity index (χ1) is 18.0. The maximum atomic E-state index is 12.6. The Kier molecular flexibility index (Phi) is 7.39. The molecule has 0 aliphatic heterocycles. The van der Waals surface area contributed by atoms with E-state index < -0.39 is 0 Å². The first-order valence-corrected chi connectivity index (χ1v) is 12.9. The molecule has 186 valence electrons. The monoisotopic (exact) mass is 574 g/mol. The third-order valence-electron chi connectivity index (χ3n) is 5.88. The average molecular weight is 576 g/mol. The van der Waals surface area contributed by atoms with Crippen LogP contribution in [0.15, 0.2) is 95.6 Å². The first-order valence-electron chi connectivity index (χ1n) is 11.7. The Hall–Kier alpha value is -3.88. The molecule has 3 N–H and O–H groups in total. The molecule has 1 atom stereocenters. The van der Waals surface area contributed by atoms with Crippen molar-refractivity contribution < 1.29 is 4.79 Å². The predicted molar refractivity (Wildman–Crippen MR) is 152 cm³/mol. The molecule has 2 heterocycles. The lowest BCUT2D eigenvalue weighted by molar-refractivity contribution is 0.249. The van der Waals surface area contributed by atoms with Crippen molar-refractivity contribution in [2.75, 3.05) is 10.6 Å². The predicted octanol–water partition coefficient (Wildman–Crippen LogP) is 7.31. The third kappa shape index (κ3) is 5.76. The second-order valence-corrected chi connectivity index (χ2v) is 9.78. The van der Waals surface area contributed by atoms with Gasteiger partial charge in [0.05, 0.1) is 22.4 Å². The van der Waals surface area contributed by atoms with Gasteiger partial charge >= 0.3 is 6.03 Å². The third-order valence-corrected chi connectivity index (χ3v) is 6.77. The molecule has 5 aromatic rings. The largest absolute Gasteiger partial charge is 0.366 e. The maximum Gasteiger partial charge on any atom is 0.319 e. The van der Waals surface area contributed by atoms with Crippen molar-refractivity contribution in [3.8, 4) is 11.3 Å². The molecule has 7 nitrogen and oxygen atoms in total. The Morgan fingerprint density at radius 3 is 2.62 bits per heavy atom. The minimum atomic E-state index is -0.261. The number of aromatic nitrogens is 3. The fraction of sp³-hybridized carbons (Fsp3) is 0.107. The Balaban J connectivity index is 1.31. The van der Waals surface area contributed by atoms with Gasteiger partial charge in [-0.3, -0.25) is 0 Å². The summed E-state index contributed by atoms with van der Waals surface area (Å²) >= 11 is 9.97. The molecule has 5 rings (SSSR count). The Morgan fingerprint density at radius 2 is 1.81 bits per heavy atom. The molecule has 0 aliphatic rings. The second kappa shape index (κ2) is 11.0. The van der Waals surface area contributed by atoms with E-state index >= 15 is 0 Å². The van der Waals surface area contributed by atoms with Crippen molar-refractivity contribution in [1.82, 2.24) is 19.9 Å². The van der Waals surface area contributed by atoms with Gasteiger partial charge in [-0.15, -0.1) is 0 Å². The summed E-state index contributed by atoms with van der Waals surface area (Å²) in [6, 6.07) is 26.7. The maximum absolute atomic E-state index is 12.6. The van der Waals surface area contributed by atoms with Gasteiger partial charge in [0.15, 0.2) is 5.65 Å². The highest BCUT2D eigenvalue weighted by atomic mass is 79.9. The summed E-state index contributed by atoms with van der Waals surface area (Å²) in [6.45, 7) is 2.46. The van der Waals surface area contributed by atoms with Gasteiger partial charge in [0.1, 0.15) is 5.82 Å². The topological polar surface area (TPSA) is 83.4 Å². The van der Waals surface area contributed by atoms with E-state index in [2.05, 4.69) is 37.0 Å². The van der Waals surface area contributed by atoms with E-state index in [4.69, 9.17) is 16.6 Å². The van der Waals surface area contributed by atoms with E-state index in [0.29, 0.717) is 22.9 Å². The van der Waals surface area contributed by atoms with Gasteiger partial charge in [-0.05, 0) is 52.2 Å². The van der Waals surface area contributed by atoms with Crippen LogP contribution in [0.1, 0.15) is 24.1 Å². The van der Waals surface area contributed by atoms with Crippen LogP contribution in [0.25, 0.3) is 16.9 Å². The van der Waals surface area contributed by atoms with Crippen LogP contribution in [0, 0.1) is 0 Å². The van der Waals surface area contributed by atoms with Gasteiger partial charge in [-0.1, -0.05) is 72.3 Å². The number of benzene rings is 3. The highest BCUT2D eigenvalue weighted by molar-refractivity contribution is 9.10. The first kappa shape index (κ1) is 24.8. The molecule has 0 unspecified atom stereocenters. The smallest absolute Gasteiger partial charge is 0.319 e. The molecule has 0 saturated heterocycles. The number of hydrogen-bond acceptors (Lipinski definition) is 4. The van der Waals surface area contributed by atoms with E-state index in [1.54, 1.807) is 10.7 Å². The van der Waals surface area contributed by atoms with E-state index in [-0.39, 0.29) is 12.1 Å². The molecule has 0 spiro atoms. The highest BCUT2D eigenvalue weighted by Gasteiger charge is 2.14. The molecule has 0 aliphatic carbocycles. The SMILES string of the molecule is C[C@H](NC(=O)Nc1cccc(CNc2cc(-c3ccccc3Cl)nc3c(Br)cnn23)c1)c1ccccc1. The standard InChI is InChI=1S/C28H24BrClN6O/c1-18(20-9-3-2-4-10-20)33-28(37)34-21-11-7-8-19(14-21)16-31-26-15-25(22-12-5-6-13-24(22)30)35-27-23(29)17-32-36(26)27/h2-15,17-18,31H,16H2,1H3,(H2,33,34,37)/t18-/m0/s1. The summed E-state index contributed by atoms with van der Waals surface area (Å²) in [6.07, 6.45) is 1.71. The van der Waals surface area contributed by atoms with Crippen molar-refractivity contribution in [3.63, 3.8) is 0 Å². The fourth-order valence-corrected chi connectivity index (χ4v) is 4.59.